The lowest BCUT2D eigenvalue weighted by molar-refractivity contribution is -0.148. The number of amides is 3. The van der Waals surface area contributed by atoms with Crippen LogP contribution in [-0.4, -0.2) is 75.3 Å². The highest BCUT2D eigenvalue weighted by Crippen LogP contribution is 2.08. The summed E-state index contributed by atoms with van der Waals surface area (Å²) in [5.74, 6) is -5.54. The number of carbonyl (C=O) groups is 5. The Balaban J connectivity index is 2.93. The van der Waals surface area contributed by atoms with Gasteiger partial charge in [-0.1, -0.05) is 44.2 Å². The lowest BCUT2D eigenvalue weighted by atomic mass is 10.0. The maximum Gasteiger partial charge on any atom is 0.326 e. The molecule has 0 aliphatic carbocycles. The van der Waals surface area contributed by atoms with Crippen LogP contribution in [0.5, 0.6) is 0 Å². The third-order valence-electron chi connectivity index (χ3n) is 5.03. The normalized spacial score (nSPS) is 15.3. The zero-order valence-corrected chi connectivity index (χ0v) is 19.9. The molecule has 12 heteroatoms. The third-order valence-corrected chi connectivity index (χ3v) is 5.03. The van der Waals surface area contributed by atoms with Crippen molar-refractivity contribution >= 4 is 29.7 Å². The van der Waals surface area contributed by atoms with E-state index in [4.69, 9.17) is 15.9 Å². The molecule has 5 unspecified atom stereocenters. The number of carboxylic acids is 2. The van der Waals surface area contributed by atoms with Gasteiger partial charge in [-0.15, -0.1) is 0 Å². The largest absolute Gasteiger partial charge is 0.481 e. The standard InChI is InChI=1S/C23H34N4O8/c1-12(2)9-16(25-20(31)15(24)10-14-7-5-4-6-8-14)21(32)27-19(13(3)28)22(33)26-17(23(34)35)11-18(29)30/h4-8,12-13,15-17,19,28H,9-11,24H2,1-3H3,(H,25,31)(H,26,33)(H,27,32)(H,29,30)(H,34,35). The molecule has 3 amide bonds. The number of nitrogens with two attached hydrogens (primary N) is 1. The zero-order valence-electron chi connectivity index (χ0n) is 19.9. The quantitative estimate of drug-likeness (QED) is 0.169. The molecule has 0 aromatic heterocycles. The number of carboxylic acid groups (broad SMARTS) is 2. The van der Waals surface area contributed by atoms with Gasteiger partial charge in [-0.25, -0.2) is 4.79 Å². The molecule has 194 valence electrons. The van der Waals surface area contributed by atoms with E-state index in [0.717, 1.165) is 5.56 Å². The summed E-state index contributed by atoms with van der Waals surface area (Å²) in [6.45, 7) is 4.83. The molecule has 1 aromatic rings. The molecular formula is C23H34N4O8. The minimum absolute atomic E-state index is 0.0396. The first-order valence-electron chi connectivity index (χ1n) is 11.1. The highest BCUT2D eigenvalue weighted by atomic mass is 16.4. The second kappa shape index (κ2) is 14.0. The predicted molar refractivity (Wildman–Crippen MR) is 125 cm³/mol. The number of benzene rings is 1. The highest BCUT2D eigenvalue weighted by molar-refractivity contribution is 5.95. The molecule has 0 aliphatic heterocycles. The first-order valence-corrected chi connectivity index (χ1v) is 11.1. The van der Waals surface area contributed by atoms with Crippen LogP contribution in [0.2, 0.25) is 0 Å². The molecule has 1 rings (SSSR count). The van der Waals surface area contributed by atoms with Crippen molar-refractivity contribution in [1.29, 1.82) is 0 Å². The molecule has 0 heterocycles. The second-order valence-electron chi connectivity index (χ2n) is 8.71. The SMILES string of the molecule is CC(C)CC(NC(=O)C(N)Cc1ccccc1)C(=O)NC(C(=O)NC(CC(=O)O)C(=O)O)C(C)O. The van der Waals surface area contributed by atoms with Crippen LogP contribution in [0, 0.1) is 5.92 Å². The van der Waals surface area contributed by atoms with Crippen LogP contribution in [0.4, 0.5) is 0 Å². The van der Waals surface area contributed by atoms with E-state index in [1.165, 1.54) is 6.92 Å². The fraction of sp³-hybridized carbons (Fsp3) is 0.522. The molecule has 0 aliphatic rings. The smallest absolute Gasteiger partial charge is 0.326 e. The molecule has 0 spiro atoms. The van der Waals surface area contributed by atoms with Crippen LogP contribution < -0.4 is 21.7 Å². The van der Waals surface area contributed by atoms with Crippen LogP contribution >= 0.6 is 0 Å². The lowest BCUT2D eigenvalue weighted by Crippen LogP contribution is -2.60. The maximum atomic E-state index is 12.9. The minimum Gasteiger partial charge on any atom is -0.481 e. The number of hydrogen-bond donors (Lipinski definition) is 7. The Morgan fingerprint density at radius 2 is 1.43 bits per heavy atom. The fourth-order valence-corrected chi connectivity index (χ4v) is 3.24. The summed E-state index contributed by atoms with van der Waals surface area (Å²) in [5, 5.41) is 34.9. The van der Waals surface area contributed by atoms with E-state index < -0.39 is 66.4 Å². The van der Waals surface area contributed by atoms with Crippen molar-refractivity contribution in [1.82, 2.24) is 16.0 Å². The van der Waals surface area contributed by atoms with Crippen molar-refractivity contribution in [2.24, 2.45) is 11.7 Å². The summed E-state index contributed by atoms with van der Waals surface area (Å²) in [6.07, 6.45) is -1.91. The van der Waals surface area contributed by atoms with Gasteiger partial charge in [0, 0.05) is 0 Å². The molecule has 1 aromatic carbocycles. The Hall–Kier alpha value is -3.51. The Kier molecular flexibility index (Phi) is 11.8. The van der Waals surface area contributed by atoms with E-state index in [1.807, 2.05) is 49.5 Å². The van der Waals surface area contributed by atoms with Gasteiger partial charge in [-0.3, -0.25) is 19.2 Å². The number of aliphatic hydroxyl groups excluding tert-OH is 1. The summed E-state index contributed by atoms with van der Waals surface area (Å²) in [5.41, 5.74) is 6.83. The van der Waals surface area contributed by atoms with E-state index in [-0.39, 0.29) is 18.8 Å². The van der Waals surface area contributed by atoms with Crippen LogP contribution in [0.25, 0.3) is 0 Å². The molecule has 0 radical (unpaired) electrons. The average Bonchev–Trinajstić information content (AvgIpc) is 2.75. The molecule has 0 bridgehead atoms. The van der Waals surface area contributed by atoms with Gasteiger partial charge in [0.25, 0.3) is 0 Å². The summed E-state index contributed by atoms with van der Waals surface area (Å²) < 4.78 is 0. The van der Waals surface area contributed by atoms with Crippen molar-refractivity contribution in [3.63, 3.8) is 0 Å². The molecule has 35 heavy (non-hydrogen) atoms. The van der Waals surface area contributed by atoms with E-state index in [9.17, 15) is 29.1 Å². The van der Waals surface area contributed by atoms with Gasteiger partial charge < -0.3 is 37.0 Å². The molecule has 0 fully saturated rings. The van der Waals surface area contributed by atoms with Crippen molar-refractivity contribution < 1.29 is 39.3 Å². The van der Waals surface area contributed by atoms with Gasteiger partial charge in [0.2, 0.25) is 17.7 Å². The van der Waals surface area contributed by atoms with E-state index in [1.54, 1.807) is 0 Å². The predicted octanol–water partition coefficient (Wildman–Crippen LogP) is -1.00. The number of nitrogens with one attached hydrogen (secondary N) is 3. The van der Waals surface area contributed by atoms with E-state index in [0.29, 0.717) is 0 Å². The van der Waals surface area contributed by atoms with Gasteiger partial charge in [-0.2, -0.15) is 0 Å². The Morgan fingerprint density at radius 1 is 0.857 bits per heavy atom. The van der Waals surface area contributed by atoms with Gasteiger partial charge in [0.1, 0.15) is 18.1 Å². The zero-order chi connectivity index (χ0) is 26.7. The monoisotopic (exact) mass is 494 g/mol. The molecule has 12 nitrogen and oxygen atoms in total. The van der Waals surface area contributed by atoms with E-state index >= 15 is 0 Å². The molecule has 0 saturated heterocycles. The molecule has 0 saturated carbocycles. The fourth-order valence-electron chi connectivity index (χ4n) is 3.24. The Morgan fingerprint density at radius 3 is 1.91 bits per heavy atom. The Labute approximate surface area is 203 Å². The van der Waals surface area contributed by atoms with Crippen LogP contribution in [0.3, 0.4) is 0 Å². The lowest BCUT2D eigenvalue weighted by Gasteiger charge is -2.27. The van der Waals surface area contributed by atoms with E-state index in [2.05, 4.69) is 10.6 Å². The first-order chi connectivity index (χ1) is 16.3. The maximum absolute atomic E-state index is 12.9. The number of hydrogen-bond acceptors (Lipinski definition) is 7. The van der Waals surface area contributed by atoms with Crippen molar-refractivity contribution in [3.8, 4) is 0 Å². The van der Waals surface area contributed by atoms with Gasteiger partial charge in [0.05, 0.1) is 18.6 Å². The van der Waals surface area contributed by atoms with Crippen molar-refractivity contribution in [2.45, 2.75) is 70.3 Å². The summed E-state index contributed by atoms with van der Waals surface area (Å²) >= 11 is 0. The minimum atomic E-state index is -1.76. The van der Waals surface area contributed by atoms with Crippen molar-refractivity contribution in [3.05, 3.63) is 35.9 Å². The second-order valence-corrected chi connectivity index (χ2v) is 8.71. The summed E-state index contributed by atoms with van der Waals surface area (Å²) in [7, 11) is 0. The Bertz CT molecular complexity index is 891. The number of rotatable bonds is 14. The van der Waals surface area contributed by atoms with Gasteiger partial charge in [-0.05, 0) is 31.2 Å². The summed E-state index contributed by atoms with van der Waals surface area (Å²) in [4.78, 5) is 60.2. The average molecular weight is 495 g/mol. The molecule has 8 N–H and O–H groups in total. The van der Waals surface area contributed by atoms with Gasteiger partial charge >= 0.3 is 11.9 Å². The van der Waals surface area contributed by atoms with Crippen LogP contribution in [-0.2, 0) is 30.4 Å². The third kappa shape index (κ3) is 10.5. The number of aliphatic hydroxyl groups is 1. The summed E-state index contributed by atoms with van der Waals surface area (Å²) in [6, 6.07) is 3.67. The number of aliphatic carboxylic acids is 2. The number of carbonyl (C=O) groups excluding carboxylic acids is 3. The molecule has 5 atom stereocenters. The molecular weight excluding hydrogens is 460 g/mol. The van der Waals surface area contributed by atoms with Gasteiger partial charge in [0.15, 0.2) is 0 Å². The van der Waals surface area contributed by atoms with Crippen LogP contribution in [0.15, 0.2) is 30.3 Å². The van der Waals surface area contributed by atoms with Crippen molar-refractivity contribution in [2.75, 3.05) is 0 Å². The first kappa shape index (κ1) is 29.5. The highest BCUT2D eigenvalue weighted by Gasteiger charge is 2.33. The van der Waals surface area contributed by atoms with Crippen LogP contribution in [0.1, 0.15) is 39.2 Å². The topological polar surface area (TPSA) is 208 Å².